The highest BCUT2D eigenvalue weighted by molar-refractivity contribution is 6.05. The fourth-order valence-corrected chi connectivity index (χ4v) is 2.63. The van der Waals surface area contributed by atoms with Crippen LogP contribution >= 0.6 is 0 Å². The Balaban J connectivity index is 1.94. The Labute approximate surface area is 151 Å². The number of anilines is 1. The molecule has 1 amide bonds. The molecule has 0 saturated heterocycles. The van der Waals surface area contributed by atoms with Crippen molar-refractivity contribution < 1.29 is 22.4 Å². The number of aryl methyl sites for hydroxylation is 2. The molecular formula is C17H15F4N5O. The number of halogens is 4. The number of nitrogens with zero attached hydrogens (tertiary/aromatic N) is 4. The molecule has 0 atom stereocenters. The van der Waals surface area contributed by atoms with Crippen LogP contribution in [0.3, 0.4) is 0 Å². The number of benzene rings is 1. The second kappa shape index (κ2) is 6.86. The molecule has 10 heteroatoms. The summed E-state index contributed by atoms with van der Waals surface area (Å²) in [6, 6.07) is 4.96. The summed E-state index contributed by atoms with van der Waals surface area (Å²) in [6.45, 7) is 0.102. The van der Waals surface area contributed by atoms with E-state index in [0.717, 1.165) is 6.07 Å². The number of carbonyl (C=O) groups excluding carboxylic acids is 1. The lowest BCUT2D eigenvalue weighted by Gasteiger charge is -2.12. The van der Waals surface area contributed by atoms with Crippen molar-refractivity contribution in [2.24, 2.45) is 7.05 Å². The largest absolute Gasteiger partial charge is 0.408 e. The van der Waals surface area contributed by atoms with Gasteiger partial charge in [0.15, 0.2) is 0 Å². The molecule has 2 aromatic heterocycles. The second-order valence-corrected chi connectivity index (χ2v) is 5.99. The summed E-state index contributed by atoms with van der Waals surface area (Å²) < 4.78 is 53.9. The van der Waals surface area contributed by atoms with Crippen LogP contribution in [0.1, 0.15) is 16.2 Å². The molecule has 142 valence electrons. The Kier molecular flexibility index (Phi) is 4.73. The lowest BCUT2D eigenvalue weighted by atomic mass is 10.1. The molecule has 0 aliphatic heterocycles. The SMILES string of the molecule is Cc1cc(C(=O)Nc2ccc(F)cc2-c2cnn(C)c2)n(CC(F)(F)F)n1. The number of hydrogen-bond acceptors (Lipinski definition) is 3. The molecule has 0 spiro atoms. The zero-order valence-corrected chi connectivity index (χ0v) is 14.4. The molecule has 6 nitrogen and oxygen atoms in total. The summed E-state index contributed by atoms with van der Waals surface area (Å²) >= 11 is 0. The lowest BCUT2D eigenvalue weighted by molar-refractivity contribution is -0.142. The summed E-state index contributed by atoms with van der Waals surface area (Å²) in [7, 11) is 1.68. The topological polar surface area (TPSA) is 64.7 Å². The first-order chi connectivity index (χ1) is 12.6. The number of nitrogens with one attached hydrogen (secondary N) is 1. The molecule has 0 aliphatic carbocycles. The van der Waals surface area contributed by atoms with E-state index >= 15 is 0 Å². The molecule has 0 bridgehead atoms. The normalized spacial score (nSPS) is 11.6. The summed E-state index contributed by atoms with van der Waals surface area (Å²) in [4.78, 5) is 12.6. The fraction of sp³-hybridized carbons (Fsp3) is 0.235. The number of hydrogen-bond donors (Lipinski definition) is 1. The van der Waals surface area contributed by atoms with Crippen LogP contribution in [-0.2, 0) is 13.6 Å². The van der Waals surface area contributed by atoms with Crippen LogP contribution in [0.15, 0.2) is 36.7 Å². The molecule has 3 aromatic rings. The summed E-state index contributed by atoms with van der Waals surface area (Å²) in [6.07, 6.45) is -1.41. The smallest absolute Gasteiger partial charge is 0.320 e. The molecule has 0 saturated carbocycles. The van der Waals surface area contributed by atoms with E-state index in [-0.39, 0.29) is 17.1 Å². The first-order valence-electron chi connectivity index (χ1n) is 7.83. The van der Waals surface area contributed by atoms with E-state index in [0.29, 0.717) is 15.8 Å². The highest BCUT2D eigenvalue weighted by atomic mass is 19.4. The van der Waals surface area contributed by atoms with E-state index in [1.807, 2.05) is 0 Å². The second-order valence-electron chi connectivity index (χ2n) is 5.99. The van der Waals surface area contributed by atoms with Crippen molar-refractivity contribution in [2.45, 2.75) is 19.6 Å². The van der Waals surface area contributed by atoms with Crippen LogP contribution in [0, 0.1) is 12.7 Å². The third-order valence-electron chi connectivity index (χ3n) is 3.71. The van der Waals surface area contributed by atoms with Gasteiger partial charge in [-0.05, 0) is 31.2 Å². The minimum Gasteiger partial charge on any atom is -0.320 e. The van der Waals surface area contributed by atoms with E-state index in [9.17, 15) is 22.4 Å². The van der Waals surface area contributed by atoms with Crippen molar-refractivity contribution in [3.8, 4) is 11.1 Å². The first-order valence-corrected chi connectivity index (χ1v) is 7.83. The zero-order valence-electron chi connectivity index (χ0n) is 14.4. The van der Waals surface area contributed by atoms with Crippen molar-refractivity contribution >= 4 is 11.6 Å². The van der Waals surface area contributed by atoms with Crippen LogP contribution in [0.4, 0.5) is 23.2 Å². The monoisotopic (exact) mass is 381 g/mol. The maximum Gasteiger partial charge on any atom is 0.408 e. The van der Waals surface area contributed by atoms with Gasteiger partial charge in [-0.15, -0.1) is 0 Å². The van der Waals surface area contributed by atoms with Crippen LogP contribution in [0.25, 0.3) is 11.1 Å². The van der Waals surface area contributed by atoms with Crippen LogP contribution in [0.5, 0.6) is 0 Å². The van der Waals surface area contributed by atoms with Gasteiger partial charge in [0.2, 0.25) is 0 Å². The zero-order chi connectivity index (χ0) is 19.8. The quantitative estimate of drug-likeness (QED) is 0.703. The summed E-state index contributed by atoms with van der Waals surface area (Å²) in [5, 5.41) is 10.3. The third kappa shape index (κ3) is 4.33. The van der Waals surface area contributed by atoms with Gasteiger partial charge in [-0.2, -0.15) is 23.4 Å². The Morgan fingerprint density at radius 2 is 2.00 bits per heavy atom. The van der Waals surface area contributed by atoms with Gasteiger partial charge in [0.1, 0.15) is 18.1 Å². The standard InChI is InChI=1S/C17H15F4N5O/c1-10-5-15(26(24-10)9-17(19,20)21)16(27)23-14-4-3-12(18)6-13(14)11-7-22-25(2)8-11/h3-8H,9H2,1-2H3,(H,23,27). The van der Waals surface area contributed by atoms with Gasteiger partial charge in [-0.3, -0.25) is 14.2 Å². The summed E-state index contributed by atoms with van der Waals surface area (Å²) in [5.74, 6) is -1.30. The molecule has 27 heavy (non-hydrogen) atoms. The van der Waals surface area contributed by atoms with Crippen molar-refractivity contribution in [1.82, 2.24) is 19.6 Å². The minimum absolute atomic E-state index is 0.242. The van der Waals surface area contributed by atoms with Gasteiger partial charge >= 0.3 is 6.18 Å². The van der Waals surface area contributed by atoms with Crippen LogP contribution in [-0.4, -0.2) is 31.6 Å². The van der Waals surface area contributed by atoms with E-state index in [2.05, 4.69) is 15.5 Å². The van der Waals surface area contributed by atoms with Gasteiger partial charge in [0.05, 0.1) is 11.9 Å². The third-order valence-corrected chi connectivity index (χ3v) is 3.71. The Morgan fingerprint density at radius 3 is 2.63 bits per heavy atom. The molecular weight excluding hydrogens is 366 g/mol. The highest BCUT2D eigenvalue weighted by Gasteiger charge is 2.31. The Morgan fingerprint density at radius 1 is 1.26 bits per heavy atom. The predicted octanol–water partition coefficient (Wildman–Crippen LogP) is 3.55. The highest BCUT2D eigenvalue weighted by Crippen LogP contribution is 2.29. The molecule has 1 N–H and O–H groups in total. The Bertz CT molecular complexity index is 990. The number of alkyl halides is 3. The average molecular weight is 381 g/mol. The molecule has 0 radical (unpaired) electrons. The molecule has 0 unspecified atom stereocenters. The van der Waals surface area contributed by atoms with Crippen LogP contribution < -0.4 is 5.32 Å². The Hall–Kier alpha value is -3.17. The lowest BCUT2D eigenvalue weighted by Crippen LogP contribution is -2.24. The molecule has 0 aliphatic rings. The van der Waals surface area contributed by atoms with Gasteiger partial charge < -0.3 is 5.32 Å². The van der Waals surface area contributed by atoms with Gasteiger partial charge in [0.25, 0.3) is 5.91 Å². The fourth-order valence-electron chi connectivity index (χ4n) is 2.63. The van der Waals surface area contributed by atoms with E-state index < -0.39 is 24.4 Å². The average Bonchev–Trinajstić information content (AvgIpc) is 3.13. The maximum atomic E-state index is 13.7. The van der Waals surface area contributed by atoms with Gasteiger partial charge in [-0.1, -0.05) is 0 Å². The van der Waals surface area contributed by atoms with E-state index in [1.54, 1.807) is 13.2 Å². The number of rotatable bonds is 4. The maximum absolute atomic E-state index is 13.7. The molecule has 1 aromatic carbocycles. The van der Waals surface area contributed by atoms with Crippen LogP contribution in [0.2, 0.25) is 0 Å². The molecule has 3 rings (SSSR count). The van der Waals surface area contributed by atoms with E-state index in [4.69, 9.17) is 0 Å². The minimum atomic E-state index is -4.52. The van der Waals surface area contributed by atoms with E-state index in [1.165, 1.54) is 36.0 Å². The number of aromatic nitrogens is 4. The number of carbonyl (C=O) groups is 1. The predicted molar refractivity (Wildman–Crippen MR) is 89.6 cm³/mol. The number of amides is 1. The van der Waals surface area contributed by atoms with Crippen molar-refractivity contribution in [1.29, 1.82) is 0 Å². The van der Waals surface area contributed by atoms with Crippen molar-refractivity contribution in [3.63, 3.8) is 0 Å². The van der Waals surface area contributed by atoms with Crippen molar-refractivity contribution in [2.75, 3.05) is 5.32 Å². The first kappa shape index (κ1) is 18.6. The van der Waals surface area contributed by atoms with Gasteiger partial charge in [-0.25, -0.2) is 4.39 Å². The molecule has 0 fully saturated rings. The molecule has 2 heterocycles. The summed E-state index contributed by atoms with van der Waals surface area (Å²) in [5.41, 5.74) is 1.18. The van der Waals surface area contributed by atoms with Crippen molar-refractivity contribution in [3.05, 3.63) is 53.9 Å². The van der Waals surface area contributed by atoms with Gasteiger partial charge in [0, 0.05) is 30.1 Å².